The number of ether oxygens (including phenoxy) is 1. The average Bonchev–Trinajstić information content (AvgIpc) is 3.45. The maximum atomic E-state index is 12.9. The quantitative estimate of drug-likeness (QED) is 0.479. The number of fused-ring (bicyclic) bond motifs is 3. The zero-order valence-corrected chi connectivity index (χ0v) is 20.2. The van der Waals surface area contributed by atoms with Crippen LogP contribution in [-0.4, -0.2) is 53.7 Å². The summed E-state index contributed by atoms with van der Waals surface area (Å²) in [6, 6.07) is 16.4. The summed E-state index contributed by atoms with van der Waals surface area (Å²) in [6.45, 7) is 3.39. The van der Waals surface area contributed by atoms with Gasteiger partial charge in [0, 0.05) is 37.4 Å². The van der Waals surface area contributed by atoms with E-state index in [4.69, 9.17) is 9.84 Å². The zero-order chi connectivity index (χ0) is 24.8. The molecule has 0 aromatic heterocycles. The highest BCUT2D eigenvalue weighted by molar-refractivity contribution is 5.80. The molecule has 0 unspecified atom stereocenters. The Morgan fingerprint density at radius 1 is 1.00 bits per heavy atom. The zero-order valence-electron chi connectivity index (χ0n) is 20.2. The van der Waals surface area contributed by atoms with Crippen LogP contribution in [0.5, 0.6) is 0 Å². The summed E-state index contributed by atoms with van der Waals surface area (Å²) < 4.78 is 5.66. The second-order valence-corrected chi connectivity index (χ2v) is 9.45. The van der Waals surface area contributed by atoms with Crippen molar-refractivity contribution in [3.05, 3.63) is 59.7 Å². The fraction of sp³-hybridized carbons (Fsp3) is 0.464. The molecule has 0 radical (unpaired) electrons. The van der Waals surface area contributed by atoms with Gasteiger partial charge in [0.1, 0.15) is 6.61 Å². The molecule has 0 saturated heterocycles. The number of aliphatic carboxylic acids is 1. The normalized spacial score (nSPS) is 18.5. The Labute approximate surface area is 206 Å². The first kappa shape index (κ1) is 24.8. The van der Waals surface area contributed by atoms with Gasteiger partial charge in [-0.1, -0.05) is 48.5 Å². The van der Waals surface area contributed by atoms with Gasteiger partial charge >= 0.3 is 12.1 Å². The highest BCUT2D eigenvalue weighted by atomic mass is 16.5. The van der Waals surface area contributed by atoms with Crippen LogP contribution in [0.25, 0.3) is 11.1 Å². The van der Waals surface area contributed by atoms with Gasteiger partial charge in [0.15, 0.2) is 0 Å². The molecular weight excluding hydrogens is 444 g/mol. The minimum absolute atomic E-state index is 0.0188. The number of rotatable bonds is 10. The lowest BCUT2D eigenvalue weighted by molar-refractivity contribution is -0.137. The SMILES string of the molecule is CCN(CCCCC(=O)O)C(=O)[C@H]1CC[C@@H](NC(=O)OCC2c3ccccc3-c3ccccc32)C1. The first-order chi connectivity index (χ1) is 17.0. The number of amides is 2. The molecule has 35 heavy (non-hydrogen) atoms. The molecule has 2 aliphatic carbocycles. The van der Waals surface area contributed by atoms with Gasteiger partial charge in [0.25, 0.3) is 0 Å². The number of unbranched alkanes of at least 4 members (excludes halogenated alkanes) is 1. The summed E-state index contributed by atoms with van der Waals surface area (Å²) in [5.41, 5.74) is 4.74. The molecule has 1 saturated carbocycles. The Hall–Kier alpha value is -3.35. The van der Waals surface area contributed by atoms with Crippen molar-refractivity contribution in [3.8, 4) is 11.1 Å². The van der Waals surface area contributed by atoms with E-state index in [2.05, 4.69) is 29.6 Å². The molecule has 186 valence electrons. The van der Waals surface area contributed by atoms with Crippen LogP contribution in [0.4, 0.5) is 4.79 Å². The Kier molecular flexibility index (Phi) is 8.06. The first-order valence-corrected chi connectivity index (χ1v) is 12.6. The third kappa shape index (κ3) is 5.84. The van der Waals surface area contributed by atoms with Crippen molar-refractivity contribution in [1.29, 1.82) is 0 Å². The van der Waals surface area contributed by atoms with Crippen molar-refractivity contribution < 1.29 is 24.2 Å². The van der Waals surface area contributed by atoms with Gasteiger partial charge in [-0.2, -0.15) is 0 Å². The van der Waals surface area contributed by atoms with Crippen LogP contribution in [0.2, 0.25) is 0 Å². The fourth-order valence-electron chi connectivity index (χ4n) is 5.40. The van der Waals surface area contributed by atoms with Crippen molar-refractivity contribution >= 4 is 18.0 Å². The fourth-order valence-corrected chi connectivity index (χ4v) is 5.40. The molecule has 2 amide bonds. The smallest absolute Gasteiger partial charge is 0.407 e. The predicted octanol–water partition coefficient (Wildman–Crippen LogP) is 4.80. The largest absolute Gasteiger partial charge is 0.481 e. The molecule has 1 fully saturated rings. The molecular formula is C28H34N2O5. The number of carboxylic acids is 1. The van der Waals surface area contributed by atoms with Crippen LogP contribution < -0.4 is 5.32 Å². The molecule has 4 rings (SSSR count). The lowest BCUT2D eigenvalue weighted by atomic mass is 9.98. The molecule has 2 aliphatic rings. The lowest BCUT2D eigenvalue weighted by Gasteiger charge is -2.24. The topological polar surface area (TPSA) is 95.9 Å². The number of hydrogen-bond donors (Lipinski definition) is 2. The summed E-state index contributed by atoms with van der Waals surface area (Å²) in [5.74, 6) is -0.810. The number of alkyl carbamates (subject to hydrolysis) is 1. The summed E-state index contributed by atoms with van der Waals surface area (Å²) in [4.78, 5) is 38.0. The van der Waals surface area contributed by atoms with Crippen molar-refractivity contribution in [2.45, 2.75) is 57.4 Å². The number of benzene rings is 2. The lowest BCUT2D eigenvalue weighted by Crippen LogP contribution is -2.38. The number of carbonyl (C=O) groups excluding carboxylic acids is 2. The third-order valence-electron chi connectivity index (χ3n) is 7.21. The number of hydrogen-bond acceptors (Lipinski definition) is 4. The number of nitrogens with zero attached hydrogens (tertiary/aromatic N) is 1. The van der Waals surface area contributed by atoms with Crippen LogP contribution in [0.15, 0.2) is 48.5 Å². The van der Waals surface area contributed by atoms with E-state index < -0.39 is 12.1 Å². The van der Waals surface area contributed by atoms with Crippen LogP contribution in [0.3, 0.4) is 0 Å². The van der Waals surface area contributed by atoms with Crippen LogP contribution in [0.1, 0.15) is 62.5 Å². The molecule has 0 bridgehead atoms. The molecule has 2 aromatic rings. The highest BCUT2D eigenvalue weighted by Crippen LogP contribution is 2.44. The van der Waals surface area contributed by atoms with E-state index in [9.17, 15) is 14.4 Å². The molecule has 0 aliphatic heterocycles. The average molecular weight is 479 g/mol. The monoisotopic (exact) mass is 478 g/mol. The summed E-state index contributed by atoms with van der Waals surface area (Å²) in [7, 11) is 0. The molecule has 0 heterocycles. The van der Waals surface area contributed by atoms with E-state index in [1.807, 2.05) is 36.1 Å². The van der Waals surface area contributed by atoms with Gasteiger partial charge in [0.2, 0.25) is 5.91 Å². The first-order valence-electron chi connectivity index (χ1n) is 12.6. The predicted molar refractivity (Wildman–Crippen MR) is 133 cm³/mol. The number of carbonyl (C=O) groups is 3. The van der Waals surface area contributed by atoms with Crippen LogP contribution in [0, 0.1) is 5.92 Å². The van der Waals surface area contributed by atoms with E-state index in [1.165, 1.54) is 22.3 Å². The second kappa shape index (κ2) is 11.4. The van der Waals surface area contributed by atoms with E-state index in [0.29, 0.717) is 32.4 Å². The van der Waals surface area contributed by atoms with Crippen LogP contribution in [-0.2, 0) is 14.3 Å². The Bertz CT molecular complexity index is 1020. The molecule has 7 nitrogen and oxygen atoms in total. The summed E-state index contributed by atoms with van der Waals surface area (Å²) in [6.07, 6.45) is 3.02. The van der Waals surface area contributed by atoms with Crippen molar-refractivity contribution in [3.63, 3.8) is 0 Å². The summed E-state index contributed by atoms with van der Waals surface area (Å²) in [5, 5.41) is 11.7. The van der Waals surface area contributed by atoms with Crippen molar-refractivity contribution in [2.24, 2.45) is 5.92 Å². The number of carboxylic acid groups (broad SMARTS) is 1. The van der Waals surface area contributed by atoms with Gasteiger partial charge in [-0.25, -0.2) is 4.79 Å². The van der Waals surface area contributed by atoms with Crippen molar-refractivity contribution in [2.75, 3.05) is 19.7 Å². The van der Waals surface area contributed by atoms with E-state index in [0.717, 1.165) is 12.8 Å². The maximum absolute atomic E-state index is 12.9. The Morgan fingerprint density at radius 2 is 1.66 bits per heavy atom. The standard InChI is InChI=1S/C28H34N2O5/c1-2-30(16-8-7-13-26(31)32)27(33)19-14-15-20(17-19)29-28(34)35-18-25-23-11-5-3-9-21(23)22-10-4-6-12-24(22)25/h3-6,9-12,19-20,25H,2,7-8,13-18H2,1H3,(H,29,34)(H,31,32)/t19-,20+/m0/s1. The minimum Gasteiger partial charge on any atom is -0.481 e. The van der Waals surface area contributed by atoms with E-state index >= 15 is 0 Å². The molecule has 0 spiro atoms. The van der Waals surface area contributed by atoms with Crippen molar-refractivity contribution in [1.82, 2.24) is 10.2 Å². The van der Waals surface area contributed by atoms with Crippen LogP contribution >= 0.6 is 0 Å². The Morgan fingerprint density at radius 3 is 2.29 bits per heavy atom. The van der Waals surface area contributed by atoms with Gasteiger partial charge in [0.05, 0.1) is 0 Å². The maximum Gasteiger partial charge on any atom is 0.407 e. The molecule has 2 aromatic carbocycles. The van der Waals surface area contributed by atoms with E-state index in [1.54, 1.807) is 0 Å². The molecule has 2 atom stereocenters. The molecule has 7 heteroatoms. The molecule has 2 N–H and O–H groups in total. The Balaban J connectivity index is 1.25. The second-order valence-electron chi connectivity index (χ2n) is 9.45. The highest BCUT2D eigenvalue weighted by Gasteiger charge is 2.34. The van der Waals surface area contributed by atoms with E-state index in [-0.39, 0.29) is 36.8 Å². The third-order valence-corrected chi connectivity index (χ3v) is 7.21. The van der Waals surface area contributed by atoms with Gasteiger partial charge in [-0.3, -0.25) is 9.59 Å². The minimum atomic E-state index is -0.808. The van der Waals surface area contributed by atoms with Gasteiger partial charge in [-0.05, 0) is 61.3 Å². The number of nitrogens with one attached hydrogen (secondary N) is 1. The summed E-state index contributed by atoms with van der Waals surface area (Å²) >= 11 is 0. The van der Waals surface area contributed by atoms with Gasteiger partial charge < -0.3 is 20.1 Å². The van der Waals surface area contributed by atoms with Gasteiger partial charge in [-0.15, -0.1) is 0 Å².